The first-order valence-corrected chi connectivity index (χ1v) is 11.5. The van der Waals surface area contributed by atoms with Gasteiger partial charge in [0.1, 0.15) is 6.33 Å². The smallest absolute Gasteiger partial charge is 0.278 e. The van der Waals surface area contributed by atoms with Gasteiger partial charge in [-0.15, -0.1) is 11.3 Å². The number of thiazole rings is 1. The summed E-state index contributed by atoms with van der Waals surface area (Å²) in [7, 11) is 0.333. The van der Waals surface area contributed by atoms with E-state index in [4.69, 9.17) is 4.43 Å². The molecule has 0 aliphatic carbocycles. The molecule has 0 bridgehead atoms. The Labute approximate surface area is 188 Å². The number of nitrogens with zero attached hydrogens (tertiary/aromatic N) is 4. The monoisotopic (exact) mass is 454 g/mol. The van der Waals surface area contributed by atoms with E-state index in [2.05, 4.69) is 51.3 Å². The lowest BCUT2D eigenvalue weighted by Gasteiger charge is -2.27. The predicted molar refractivity (Wildman–Crippen MR) is 124 cm³/mol. The fraction of sp³-hybridized carbons (Fsp3) is 0.381. The van der Waals surface area contributed by atoms with E-state index < -0.39 is 5.60 Å². The van der Waals surface area contributed by atoms with Crippen molar-refractivity contribution in [1.82, 2.24) is 19.9 Å². The number of aromatic nitrogens is 4. The molecule has 31 heavy (non-hydrogen) atoms. The molecule has 3 heterocycles. The summed E-state index contributed by atoms with van der Waals surface area (Å²) in [6, 6.07) is 3.64. The van der Waals surface area contributed by atoms with E-state index in [1.807, 2.05) is 38.3 Å². The molecule has 0 saturated heterocycles. The summed E-state index contributed by atoms with van der Waals surface area (Å²) in [5.41, 5.74) is 2.46. The summed E-state index contributed by atoms with van der Waals surface area (Å²) in [5, 5.41) is 8.48. The van der Waals surface area contributed by atoms with Gasteiger partial charge in [0.2, 0.25) is 9.76 Å². The first kappa shape index (κ1) is 23.0. The van der Waals surface area contributed by atoms with E-state index in [9.17, 15) is 4.79 Å². The minimum Gasteiger partial charge on any atom is -0.406 e. The van der Waals surface area contributed by atoms with Crippen LogP contribution in [0.25, 0.3) is 0 Å². The molecule has 0 saturated carbocycles. The van der Waals surface area contributed by atoms with Crippen molar-refractivity contribution in [2.75, 3.05) is 10.6 Å². The van der Waals surface area contributed by atoms with Crippen LogP contribution < -0.4 is 10.6 Å². The Hall–Kier alpha value is -2.69. The van der Waals surface area contributed by atoms with Crippen molar-refractivity contribution < 1.29 is 9.22 Å². The van der Waals surface area contributed by atoms with Crippen LogP contribution in [0.4, 0.5) is 16.5 Å². The first-order chi connectivity index (χ1) is 14.5. The van der Waals surface area contributed by atoms with E-state index in [1.165, 1.54) is 17.7 Å². The maximum Gasteiger partial charge on any atom is 0.278 e. The van der Waals surface area contributed by atoms with Crippen molar-refractivity contribution in [3.63, 3.8) is 0 Å². The van der Waals surface area contributed by atoms with Crippen LogP contribution in [0.5, 0.6) is 0 Å². The lowest BCUT2D eigenvalue weighted by atomic mass is 10.1. The highest BCUT2D eigenvalue weighted by atomic mass is 32.1. The van der Waals surface area contributed by atoms with E-state index in [0.717, 1.165) is 11.4 Å². The molecule has 162 valence electrons. The minimum absolute atomic E-state index is 0.0777. The van der Waals surface area contributed by atoms with Gasteiger partial charge in [-0.1, -0.05) is 20.8 Å². The van der Waals surface area contributed by atoms with Crippen LogP contribution in [-0.4, -0.2) is 35.6 Å². The standard InChI is InChI=1S/C21H26N6O2SSi/c1-13-7-8-15(25-14-9-22-12-23-10-14)17(24-13)18(28)27-19-26-16(11-30-19)21(5,6)29-31-20(2,3)4/h7-12,25H,1-6H3,(H,26,27,28). The number of amides is 1. The number of anilines is 3. The number of carbonyl (C=O) groups excluding carboxylic acids is 1. The summed E-state index contributed by atoms with van der Waals surface area (Å²) < 4.78 is 6.11. The van der Waals surface area contributed by atoms with Gasteiger partial charge in [-0.2, -0.15) is 0 Å². The number of carbonyl (C=O) groups is 1. The number of pyridine rings is 1. The molecule has 0 spiro atoms. The molecular weight excluding hydrogens is 428 g/mol. The molecule has 8 nitrogen and oxygen atoms in total. The van der Waals surface area contributed by atoms with E-state index >= 15 is 0 Å². The zero-order chi connectivity index (χ0) is 22.6. The summed E-state index contributed by atoms with van der Waals surface area (Å²) in [6.07, 6.45) is 4.70. The van der Waals surface area contributed by atoms with Gasteiger partial charge in [0.25, 0.3) is 5.91 Å². The van der Waals surface area contributed by atoms with Crippen molar-refractivity contribution in [3.05, 3.63) is 53.3 Å². The average molecular weight is 455 g/mol. The maximum absolute atomic E-state index is 13.0. The fourth-order valence-corrected chi connectivity index (χ4v) is 3.98. The Bertz CT molecular complexity index is 1050. The van der Waals surface area contributed by atoms with E-state index in [0.29, 0.717) is 26.3 Å². The van der Waals surface area contributed by atoms with Gasteiger partial charge in [0.15, 0.2) is 10.8 Å². The molecule has 2 N–H and O–H groups in total. The molecule has 0 aliphatic heterocycles. The van der Waals surface area contributed by atoms with Gasteiger partial charge >= 0.3 is 0 Å². The van der Waals surface area contributed by atoms with Crippen molar-refractivity contribution in [3.8, 4) is 0 Å². The molecule has 0 fully saturated rings. The fourth-order valence-electron chi connectivity index (χ4n) is 2.45. The zero-order valence-corrected chi connectivity index (χ0v) is 20.3. The summed E-state index contributed by atoms with van der Waals surface area (Å²) in [5.74, 6) is -0.348. The maximum atomic E-state index is 13.0. The van der Waals surface area contributed by atoms with E-state index in [-0.39, 0.29) is 16.6 Å². The van der Waals surface area contributed by atoms with Gasteiger partial charge in [-0.3, -0.25) is 10.1 Å². The van der Waals surface area contributed by atoms with Gasteiger partial charge in [0, 0.05) is 11.1 Å². The second-order valence-electron chi connectivity index (χ2n) is 8.56. The van der Waals surface area contributed by atoms with Crippen molar-refractivity contribution in [1.29, 1.82) is 0 Å². The molecular formula is C21H26N6O2SSi. The predicted octanol–water partition coefficient (Wildman–Crippen LogP) is 4.72. The highest BCUT2D eigenvalue weighted by Crippen LogP contribution is 2.31. The Kier molecular flexibility index (Phi) is 6.82. The molecule has 2 radical (unpaired) electrons. The quantitative estimate of drug-likeness (QED) is 0.498. The van der Waals surface area contributed by atoms with Gasteiger partial charge < -0.3 is 9.74 Å². The second kappa shape index (κ2) is 9.21. The number of nitrogens with one attached hydrogen (secondary N) is 2. The molecule has 0 atom stereocenters. The highest BCUT2D eigenvalue weighted by molar-refractivity contribution is 7.14. The molecule has 10 heteroatoms. The molecule has 0 unspecified atom stereocenters. The lowest BCUT2D eigenvalue weighted by Crippen LogP contribution is -2.28. The summed E-state index contributed by atoms with van der Waals surface area (Å²) in [4.78, 5) is 29.9. The third-order valence-corrected chi connectivity index (χ3v) is 6.03. The van der Waals surface area contributed by atoms with Crippen molar-refractivity contribution >= 4 is 43.5 Å². The van der Waals surface area contributed by atoms with Crippen LogP contribution in [-0.2, 0) is 10.0 Å². The third kappa shape index (κ3) is 6.39. The normalized spacial score (nSPS) is 11.9. The number of hydrogen-bond donors (Lipinski definition) is 2. The van der Waals surface area contributed by atoms with E-state index in [1.54, 1.807) is 12.4 Å². The zero-order valence-electron chi connectivity index (χ0n) is 18.5. The van der Waals surface area contributed by atoms with Crippen molar-refractivity contribution in [2.45, 2.75) is 52.2 Å². The van der Waals surface area contributed by atoms with Gasteiger partial charge in [0.05, 0.1) is 35.1 Å². The van der Waals surface area contributed by atoms with Crippen LogP contribution in [0.15, 0.2) is 36.2 Å². The Morgan fingerprint density at radius 1 is 1.10 bits per heavy atom. The number of aryl methyl sites for hydroxylation is 1. The SMILES string of the molecule is Cc1ccc(Nc2cncnc2)c(C(=O)Nc2nc(C(C)(C)O[Si]C(C)(C)C)cs2)n1. The Balaban J connectivity index is 1.76. The molecule has 3 rings (SSSR count). The first-order valence-electron chi connectivity index (χ1n) is 9.76. The van der Waals surface area contributed by atoms with Crippen LogP contribution in [0.3, 0.4) is 0 Å². The number of rotatable bonds is 7. The topological polar surface area (TPSA) is 102 Å². The van der Waals surface area contributed by atoms with Crippen molar-refractivity contribution in [2.24, 2.45) is 0 Å². The van der Waals surface area contributed by atoms with Crippen LogP contribution in [0, 0.1) is 6.92 Å². The number of hydrogen-bond acceptors (Lipinski definition) is 8. The molecule has 3 aromatic heterocycles. The largest absolute Gasteiger partial charge is 0.406 e. The average Bonchev–Trinajstić information content (AvgIpc) is 3.18. The molecule has 1 amide bonds. The third-order valence-electron chi connectivity index (χ3n) is 4.04. The molecule has 0 aliphatic rings. The van der Waals surface area contributed by atoms with Gasteiger partial charge in [-0.05, 0) is 37.9 Å². The summed E-state index contributed by atoms with van der Waals surface area (Å²) >= 11 is 1.36. The molecule has 0 aromatic carbocycles. The minimum atomic E-state index is -0.549. The lowest BCUT2D eigenvalue weighted by molar-refractivity contribution is 0.101. The Morgan fingerprint density at radius 2 is 1.81 bits per heavy atom. The molecule has 3 aromatic rings. The van der Waals surface area contributed by atoms with Crippen LogP contribution in [0.1, 0.15) is 56.5 Å². The Morgan fingerprint density at radius 3 is 2.48 bits per heavy atom. The second-order valence-corrected chi connectivity index (χ2v) is 11.3. The van der Waals surface area contributed by atoms with Crippen LogP contribution >= 0.6 is 11.3 Å². The van der Waals surface area contributed by atoms with Gasteiger partial charge in [-0.25, -0.2) is 19.9 Å². The highest BCUT2D eigenvalue weighted by Gasteiger charge is 2.28. The van der Waals surface area contributed by atoms with Crippen LogP contribution in [0.2, 0.25) is 5.04 Å². The summed E-state index contributed by atoms with van der Waals surface area (Å²) in [6.45, 7) is 12.2.